The van der Waals surface area contributed by atoms with Crippen molar-refractivity contribution in [3.05, 3.63) is 47.1 Å². The van der Waals surface area contributed by atoms with Gasteiger partial charge in [-0.05, 0) is 36.4 Å². The maximum Gasteiger partial charge on any atom is 0.354 e. The van der Waals surface area contributed by atoms with Crippen LogP contribution >= 0.6 is 23.4 Å². The molecule has 1 heterocycles. The maximum absolute atomic E-state index is 10.8. The number of pyridine rings is 1. The molecule has 1 aromatic carbocycles. The molecule has 0 aliphatic rings. The van der Waals surface area contributed by atoms with Gasteiger partial charge in [0, 0.05) is 9.92 Å². The Morgan fingerprint density at radius 3 is 2.50 bits per heavy atom. The maximum atomic E-state index is 10.8. The molecule has 0 fully saturated rings. The van der Waals surface area contributed by atoms with Crippen molar-refractivity contribution >= 4 is 35.0 Å². The summed E-state index contributed by atoms with van der Waals surface area (Å²) in [6.45, 7) is 0. The predicted molar refractivity (Wildman–Crippen MR) is 71.2 cm³/mol. The molecule has 0 amide bonds. The van der Waals surface area contributed by atoms with Crippen molar-refractivity contribution in [1.82, 2.24) is 4.98 Å². The van der Waals surface area contributed by atoms with Gasteiger partial charge < -0.3 is 10.8 Å². The van der Waals surface area contributed by atoms with E-state index >= 15 is 0 Å². The molecule has 4 nitrogen and oxygen atoms in total. The number of carboxylic acids is 1. The normalized spacial score (nSPS) is 10.3. The molecular weight excluding hydrogens is 272 g/mol. The third-order valence-electron chi connectivity index (χ3n) is 2.14. The standard InChI is InChI=1S/C12H9ClN2O2S/c13-7-1-3-8(4-2-7)18-11-9(14)5-6-10(15-11)12(16)17/h1-6H,14H2,(H,16,17). The van der Waals surface area contributed by atoms with Gasteiger partial charge >= 0.3 is 5.97 Å². The molecule has 1 aromatic heterocycles. The van der Waals surface area contributed by atoms with Gasteiger partial charge in [0.2, 0.25) is 0 Å². The van der Waals surface area contributed by atoms with Crippen LogP contribution in [0.5, 0.6) is 0 Å². The quantitative estimate of drug-likeness (QED) is 0.903. The third kappa shape index (κ3) is 2.94. The number of benzene rings is 1. The minimum absolute atomic E-state index is 0.0272. The number of halogens is 1. The van der Waals surface area contributed by atoms with Crippen LogP contribution in [0.3, 0.4) is 0 Å². The summed E-state index contributed by atoms with van der Waals surface area (Å²) in [6, 6.07) is 10.1. The van der Waals surface area contributed by atoms with E-state index in [0.29, 0.717) is 15.7 Å². The highest BCUT2D eigenvalue weighted by Crippen LogP contribution is 2.31. The molecule has 18 heavy (non-hydrogen) atoms. The average molecular weight is 281 g/mol. The topological polar surface area (TPSA) is 76.2 Å². The summed E-state index contributed by atoms with van der Waals surface area (Å²) in [4.78, 5) is 15.7. The fraction of sp³-hybridized carbons (Fsp3) is 0. The van der Waals surface area contributed by atoms with Crippen molar-refractivity contribution in [2.45, 2.75) is 9.92 Å². The second-order valence-corrected chi connectivity index (χ2v) is 4.95. The summed E-state index contributed by atoms with van der Waals surface area (Å²) in [6.07, 6.45) is 0. The Bertz CT molecular complexity index is 587. The largest absolute Gasteiger partial charge is 0.477 e. The SMILES string of the molecule is Nc1ccc(C(=O)O)nc1Sc1ccc(Cl)cc1. The number of aromatic nitrogens is 1. The molecule has 0 bridgehead atoms. The summed E-state index contributed by atoms with van der Waals surface area (Å²) < 4.78 is 0. The summed E-state index contributed by atoms with van der Waals surface area (Å²) in [5, 5.41) is 9.98. The van der Waals surface area contributed by atoms with E-state index in [9.17, 15) is 4.79 Å². The van der Waals surface area contributed by atoms with Crippen LogP contribution in [0.25, 0.3) is 0 Å². The van der Waals surface area contributed by atoms with Gasteiger partial charge in [0.25, 0.3) is 0 Å². The monoisotopic (exact) mass is 280 g/mol. The molecule has 2 aromatic rings. The molecule has 6 heteroatoms. The minimum Gasteiger partial charge on any atom is -0.477 e. The summed E-state index contributed by atoms with van der Waals surface area (Å²) in [5.74, 6) is -1.08. The van der Waals surface area contributed by atoms with Crippen LogP contribution in [0.15, 0.2) is 46.3 Å². The van der Waals surface area contributed by atoms with Crippen LogP contribution in [0.2, 0.25) is 5.02 Å². The van der Waals surface area contributed by atoms with Crippen molar-refractivity contribution < 1.29 is 9.90 Å². The Balaban J connectivity index is 2.30. The Labute approximate surface area is 113 Å². The van der Waals surface area contributed by atoms with E-state index in [1.165, 1.54) is 23.9 Å². The molecule has 0 unspecified atom stereocenters. The second kappa shape index (κ2) is 5.29. The number of rotatable bonds is 3. The van der Waals surface area contributed by atoms with Crippen LogP contribution in [0.4, 0.5) is 5.69 Å². The van der Waals surface area contributed by atoms with E-state index in [1.54, 1.807) is 12.1 Å². The Morgan fingerprint density at radius 2 is 1.89 bits per heavy atom. The van der Waals surface area contributed by atoms with Crippen LogP contribution in [-0.2, 0) is 0 Å². The second-order valence-electron chi connectivity index (χ2n) is 3.45. The van der Waals surface area contributed by atoms with Crippen LogP contribution in [-0.4, -0.2) is 16.1 Å². The van der Waals surface area contributed by atoms with Crippen molar-refractivity contribution in [3.63, 3.8) is 0 Å². The summed E-state index contributed by atoms with van der Waals surface area (Å²) >= 11 is 7.08. The highest BCUT2D eigenvalue weighted by Gasteiger charge is 2.09. The highest BCUT2D eigenvalue weighted by atomic mass is 35.5. The minimum atomic E-state index is -1.08. The van der Waals surface area contributed by atoms with Gasteiger partial charge in [0.15, 0.2) is 0 Å². The van der Waals surface area contributed by atoms with E-state index in [1.807, 2.05) is 12.1 Å². The van der Waals surface area contributed by atoms with E-state index in [4.69, 9.17) is 22.4 Å². The molecule has 0 aliphatic heterocycles. The number of hydrogen-bond donors (Lipinski definition) is 2. The number of nitrogens with zero attached hydrogens (tertiary/aromatic N) is 1. The first-order valence-corrected chi connectivity index (χ1v) is 6.19. The predicted octanol–water partition coefficient (Wildman–Crippen LogP) is 3.17. The van der Waals surface area contributed by atoms with Gasteiger partial charge in [-0.3, -0.25) is 0 Å². The van der Waals surface area contributed by atoms with Crippen LogP contribution < -0.4 is 5.73 Å². The van der Waals surface area contributed by atoms with Crippen molar-refractivity contribution in [3.8, 4) is 0 Å². The van der Waals surface area contributed by atoms with E-state index < -0.39 is 5.97 Å². The molecule has 0 saturated heterocycles. The fourth-order valence-corrected chi connectivity index (χ4v) is 2.22. The smallest absolute Gasteiger partial charge is 0.354 e. The Hall–Kier alpha value is -1.72. The number of nitrogen functional groups attached to an aromatic ring is 1. The lowest BCUT2D eigenvalue weighted by molar-refractivity contribution is 0.0690. The van der Waals surface area contributed by atoms with Crippen molar-refractivity contribution in [2.75, 3.05) is 5.73 Å². The number of nitrogens with two attached hydrogens (primary N) is 1. The molecule has 0 radical (unpaired) electrons. The zero-order chi connectivity index (χ0) is 13.1. The third-order valence-corrected chi connectivity index (χ3v) is 3.42. The van der Waals surface area contributed by atoms with Crippen molar-refractivity contribution in [1.29, 1.82) is 0 Å². The number of carbonyl (C=O) groups is 1. The lowest BCUT2D eigenvalue weighted by Crippen LogP contribution is -2.02. The molecule has 0 spiro atoms. The fourth-order valence-electron chi connectivity index (χ4n) is 1.27. The Morgan fingerprint density at radius 1 is 1.22 bits per heavy atom. The lowest BCUT2D eigenvalue weighted by atomic mass is 10.3. The molecule has 92 valence electrons. The number of hydrogen-bond acceptors (Lipinski definition) is 4. The number of anilines is 1. The Kier molecular flexibility index (Phi) is 3.74. The summed E-state index contributed by atoms with van der Waals surface area (Å²) in [5.41, 5.74) is 6.18. The van der Waals surface area contributed by atoms with Gasteiger partial charge in [0.05, 0.1) is 5.69 Å². The molecule has 0 atom stereocenters. The first kappa shape index (κ1) is 12.7. The molecule has 3 N–H and O–H groups in total. The zero-order valence-electron chi connectivity index (χ0n) is 9.13. The van der Waals surface area contributed by atoms with Gasteiger partial charge in [0.1, 0.15) is 10.7 Å². The first-order valence-electron chi connectivity index (χ1n) is 4.99. The van der Waals surface area contributed by atoms with E-state index in [0.717, 1.165) is 4.90 Å². The van der Waals surface area contributed by atoms with Gasteiger partial charge in [-0.2, -0.15) is 0 Å². The molecule has 2 rings (SSSR count). The molecule has 0 saturated carbocycles. The highest BCUT2D eigenvalue weighted by molar-refractivity contribution is 7.99. The number of carboxylic acid groups (broad SMARTS) is 1. The van der Waals surface area contributed by atoms with Crippen LogP contribution in [0, 0.1) is 0 Å². The van der Waals surface area contributed by atoms with E-state index in [2.05, 4.69) is 4.98 Å². The molecular formula is C12H9ClN2O2S. The lowest BCUT2D eigenvalue weighted by Gasteiger charge is -2.05. The number of aromatic carboxylic acids is 1. The van der Waals surface area contributed by atoms with Gasteiger partial charge in [-0.25, -0.2) is 9.78 Å². The molecule has 0 aliphatic carbocycles. The van der Waals surface area contributed by atoms with Crippen molar-refractivity contribution in [2.24, 2.45) is 0 Å². The summed E-state index contributed by atoms with van der Waals surface area (Å²) in [7, 11) is 0. The average Bonchev–Trinajstić information content (AvgIpc) is 2.34. The van der Waals surface area contributed by atoms with Gasteiger partial charge in [-0.15, -0.1) is 0 Å². The van der Waals surface area contributed by atoms with Gasteiger partial charge in [-0.1, -0.05) is 23.4 Å². The first-order chi connectivity index (χ1) is 8.56. The van der Waals surface area contributed by atoms with Crippen LogP contribution in [0.1, 0.15) is 10.5 Å². The van der Waals surface area contributed by atoms with E-state index in [-0.39, 0.29) is 5.69 Å². The zero-order valence-corrected chi connectivity index (χ0v) is 10.7.